The van der Waals surface area contributed by atoms with E-state index >= 15 is 0 Å². The van der Waals surface area contributed by atoms with Gasteiger partial charge in [-0.25, -0.2) is 14.4 Å². The van der Waals surface area contributed by atoms with E-state index in [4.69, 9.17) is 18.9 Å². The van der Waals surface area contributed by atoms with Crippen LogP contribution in [-0.2, 0) is 10.8 Å². The van der Waals surface area contributed by atoms with Gasteiger partial charge in [-0.2, -0.15) is 0 Å². The van der Waals surface area contributed by atoms with Crippen molar-refractivity contribution in [2.75, 3.05) is 7.11 Å². The van der Waals surface area contributed by atoms with E-state index in [1.165, 1.54) is 13.0 Å². The fourth-order valence-corrected chi connectivity index (χ4v) is 7.14. The zero-order valence-electron chi connectivity index (χ0n) is 35.8. The minimum absolute atomic E-state index is 0.130. The zero-order chi connectivity index (χ0) is 43.5. The molecule has 0 N–H and O–H groups in total. The lowest BCUT2D eigenvalue weighted by Gasteiger charge is -2.27. The molecule has 0 aliphatic rings. The normalized spacial score (nSPS) is 11.4. The number of hydrogen-bond donors (Lipinski definition) is 0. The Balaban J connectivity index is 1.08. The number of aryl methyl sites for hydroxylation is 4. The van der Waals surface area contributed by atoms with Crippen LogP contribution >= 0.6 is 0 Å². The summed E-state index contributed by atoms with van der Waals surface area (Å²) in [5, 5.41) is 0. The van der Waals surface area contributed by atoms with Gasteiger partial charge in [0, 0.05) is 16.4 Å². The maximum absolute atomic E-state index is 13.2. The fraction of sp³-hybridized carbons (Fsp3) is 0.231. The average molecular weight is 803 g/mol. The van der Waals surface area contributed by atoms with E-state index in [1.54, 1.807) is 61.7 Å². The number of rotatable bonds is 12. The average Bonchev–Trinajstić information content (AvgIpc) is 3.22. The van der Waals surface area contributed by atoms with Crippen LogP contribution in [0.1, 0.15) is 121 Å². The van der Waals surface area contributed by atoms with Crippen LogP contribution < -0.4 is 18.9 Å². The van der Waals surface area contributed by atoms with Crippen molar-refractivity contribution < 1.29 is 38.1 Å². The van der Waals surface area contributed by atoms with Gasteiger partial charge in [-0.05, 0) is 140 Å². The van der Waals surface area contributed by atoms with E-state index in [-0.39, 0.29) is 16.8 Å². The van der Waals surface area contributed by atoms with E-state index in [0.717, 1.165) is 50.3 Å². The van der Waals surface area contributed by atoms with E-state index < -0.39 is 23.3 Å². The Morgan fingerprint density at radius 1 is 0.400 bits per heavy atom. The van der Waals surface area contributed by atoms with Crippen molar-refractivity contribution in [3.8, 4) is 23.0 Å². The summed E-state index contributed by atoms with van der Waals surface area (Å²) in [5.74, 6) is 0.383. The monoisotopic (exact) mass is 802 g/mol. The minimum atomic E-state index is -0.556. The van der Waals surface area contributed by atoms with Crippen LogP contribution in [0.4, 0.5) is 0 Å². The van der Waals surface area contributed by atoms with E-state index in [9.17, 15) is 19.2 Å². The summed E-state index contributed by atoms with van der Waals surface area (Å²) in [6.07, 6.45) is 0. The van der Waals surface area contributed by atoms with Crippen LogP contribution in [0.25, 0.3) is 0 Å². The number of hydrogen-bond acceptors (Lipinski definition) is 8. The van der Waals surface area contributed by atoms with E-state index in [1.807, 2.05) is 76.2 Å². The molecule has 0 aromatic heterocycles. The summed E-state index contributed by atoms with van der Waals surface area (Å²) in [6, 6.07) is 36.1. The highest BCUT2D eigenvalue weighted by Gasteiger charge is 2.27. The van der Waals surface area contributed by atoms with Crippen molar-refractivity contribution in [3.05, 3.63) is 188 Å². The second-order valence-electron chi connectivity index (χ2n) is 16.3. The fourth-order valence-electron chi connectivity index (χ4n) is 7.14. The highest BCUT2D eigenvalue weighted by atomic mass is 16.5. The summed E-state index contributed by atoms with van der Waals surface area (Å²) in [5.41, 5.74) is 8.24. The van der Waals surface area contributed by atoms with Gasteiger partial charge in [-0.15, -0.1) is 0 Å². The highest BCUT2D eigenvalue weighted by Crippen LogP contribution is 2.38. The summed E-state index contributed by atoms with van der Waals surface area (Å²) in [7, 11) is 1.67. The van der Waals surface area contributed by atoms with E-state index in [0.29, 0.717) is 33.9 Å². The third kappa shape index (κ3) is 9.08. The number of methoxy groups -OCH3 is 1. The number of ketones is 1. The number of carbonyl (C=O) groups is 4. The molecule has 0 spiro atoms. The van der Waals surface area contributed by atoms with Crippen LogP contribution in [0.3, 0.4) is 0 Å². The molecule has 0 aliphatic heterocycles. The summed E-state index contributed by atoms with van der Waals surface area (Å²) < 4.78 is 22.7. The summed E-state index contributed by atoms with van der Waals surface area (Å²) >= 11 is 0. The molecule has 0 radical (unpaired) electrons. The largest absolute Gasteiger partial charge is 0.496 e. The molecule has 8 nitrogen and oxygen atoms in total. The molecule has 0 atom stereocenters. The molecular formula is C52H50O8. The van der Waals surface area contributed by atoms with Gasteiger partial charge < -0.3 is 18.9 Å². The first-order valence-corrected chi connectivity index (χ1v) is 19.7. The van der Waals surface area contributed by atoms with Crippen molar-refractivity contribution in [1.29, 1.82) is 0 Å². The Kier molecular flexibility index (Phi) is 12.3. The maximum atomic E-state index is 13.2. The van der Waals surface area contributed by atoms with Gasteiger partial charge in [0.05, 0.1) is 23.8 Å². The Morgan fingerprint density at radius 2 is 0.717 bits per heavy atom. The van der Waals surface area contributed by atoms with E-state index in [2.05, 4.69) is 39.8 Å². The van der Waals surface area contributed by atoms with Crippen LogP contribution in [0, 0.1) is 27.7 Å². The molecule has 60 heavy (non-hydrogen) atoms. The lowest BCUT2D eigenvalue weighted by molar-refractivity contribution is 0.0719. The Labute approximate surface area is 352 Å². The first-order chi connectivity index (χ1) is 28.4. The first-order valence-electron chi connectivity index (χ1n) is 19.7. The van der Waals surface area contributed by atoms with Crippen molar-refractivity contribution in [3.63, 3.8) is 0 Å². The Hall–Kier alpha value is -6.80. The third-order valence-corrected chi connectivity index (χ3v) is 11.3. The predicted molar refractivity (Wildman–Crippen MR) is 233 cm³/mol. The zero-order valence-corrected chi connectivity index (χ0v) is 35.8. The van der Waals surface area contributed by atoms with Gasteiger partial charge in [0.1, 0.15) is 23.0 Å². The molecule has 0 bridgehead atoms. The molecule has 6 rings (SSSR count). The Morgan fingerprint density at radius 3 is 1.03 bits per heavy atom. The molecule has 0 unspecified atom stereocenters. The predicted octanol–water partition coefficient (Wildman–Crippen LogP) is 11.4. The quantitative estimate of drug-likeness (QED) is 0.0684. The minimum Gasteiger partial charge on any atom is -0.496 e. The van der Waals surface area contributed by atoms with Gasteiger partial charge in [0.25, 0.3) is 0 Å². The maximum Gasteiger partial charge on any atom is 0.343 e. The lowest BCUT2D eigenvalue weighted by Crippen LogP contribution is -2.20. The van der Waals surface area contributed by atoms with Crippen molar-refractivity contribution in [1.82, 2.24) is 0 Å². The second-order valence-corrected chi connectivity index (χ2v) is 16.3. The SMILES string of the molecule is COc1ccc(C(C)(C)c2ccc(OC(=O)c3ccc(C(=O)Oc4ccc(C(C)(C)c5ccc(OC(=O)c6cccc(C(C)=O)c6)c(C)c5)cc4C)cc3)c(C)c2)cc1C. The molecule has 0 amide bonds. The Bertz CT molecular complexity index is 2630. The molecule has 6 aromatic rings. The highest BCUT2D eigenvalue weighted by molar-refractivity contribution is 5.98. The van der Waals surface area contributed by atoms with Crippen LogP contribution in [-0.4, -0.2) is 30.8 Å². The number of carbonyl (C=O) groups excluding carboxylic acids is 4. The van der Waals surface area contributed by atoms with Crippen LogP contribution in [0.2, 0.25) is 0 Å². The standard InChI is InChI=1S/C52H50O8/c1-31-26-40(18-22-44(31)57-10)51(6,7)41-19-23-45(32(2)27-41)58-48(54)36-14-16-37(17-15-36)49(55)59-46-24-20-42(28-33(46)3)52(8,9)43-21-25-47(34(4)29-43)60-50(56)39-13-11-12-38(30-39)35(5)53/h11-30H,1-10H3. The molecule has 0 fully saturated rings. The third-order valence-electron chi connectivity index (χ3n) is 11.3. The molecular weight excluding hydrogens is 753 g/mol. The topological polar surface area (TPSA) is 105 Å². The van der Waals surface area contributed by atoms with Gasteiger partial charge in [0.2, 0.25) is 0 Å². The molecule has 306 valence electrons. The van der Waals surface area contributed by atoms with Crippen LogP contribution in [0.15, 0.2) is 121 Å². The van der Waals surface area contributed by atoms with Crippen molar-refractivity contribution in [2.45, 2.75) is 73.1 Å². The van der Waals surface area contributed by atoms with Crippen molar-refractivity contribution >= 4 is 23.7 Å². The molecule has 0 saturated heterocycles. The second kappa shape index (κ2) is 17.2. The smallest absolute Gasteiger partial charge is 0.343 e. The summed E-state index contributed by atoms with van der Waals surface area (Å²) in [4.78, 5) is 51.1. The number of esters is 3. The van der Waals surface area contributed by atoms with Gasteiger partial charge in [-0.1, -0.05) is 88.4 Å². The number of benzene rings is 6. The van der Waals surface area contributed by atoms with Gasteiger partial charge >= 0.3 is 17.9 Å². The van der Waals surface area contributed by atoms with Gasteiger partial charge in [-0.3, -0.25) is 4.79 Å². The molecule has 0 heterocycles. The molecule has 0 saturated carbocycles. The molecule has 8 heteroatoms. The van der Waals surface area contributed by atoms with Crippen molar-refractivity contribution in [2.24, 2.45) is 0 Å². The lowest BCUT2D eigenvalue weighted by atomic mass is 9.77. The molecule has 0 aliphatic carbocycles. The van der Waals surface area contributed by atoms with Gasteiger partial charge in [0.15, 0.2) is 5.78 Å². The molecule has 6 aromatic carbocycles. The number of Topliss-reactive ketones (excluding diaryl/α,β-unsaturated/α-hetero) is 1. The summed E-state index contributed by atoms with van der Waals surface area (Å²) in [6.45, 7) is 17.7. The first kappa shape index (κ1) is 42.8. The van der Waals surface area contributed by atoms with Crippen LogP contribution in [0.5, 0.6) is 23.0 Å². The number of ether oxygens (including phenoxy) is 4.